The molecule has 2 aliphatic rings. The first kappa shape index (κ1) is 11.7. The normalized spacial score (nSPS) is 26.7. The smallest absolute Gasteiger partial charge is 0.231 e. The summed E-state index contributed by atoms with van der Waals surface area (Å²) in [6.45, 7) is 0.269. The maximum absolute atomic E-state index is 10.0. The van der Waals surface area contributed by atoms with Crippen molar-refractivity contribution in [2.24, 2.45) is 0 Å². The van der Waals surface area contributed by atoms with E-state index in [4.69, 9.17) is 14.2 Å². The fourth-order valence-electron chi connectivity index (χ4n) is 2.52. The third-order valence-electron chi connectivity index (χ3n) is 3.55. The molecule has 4 nitrogen and oxygen atoms in total. The van der Waals surface area contributed by atoms with E-state index >= 15 is 0 Å². The molecule has 1 aliphatic heterocycles. The van der Waals surface area contributed by atoms with E-state index in [0.717, 1.165) is 42.9 Å². The summed E-state index contributed by atoms with van der Waals surface area (Å²) in [4.78, 5) is 0. The lowest BCUT2D eigenvalue weighted by atomic mass is 10.1. The van der Waals surface area contributed by atoms with Gasteiger partial charge < -0.3 is 19.3 Å². The summed E-state index contributed by atoms with van der Waals surface area (Å²) in [6, 6.07) is 5.55. The zero-order valence-electron chi connectivity index (χ0n) is 10.3. The van der Waals surface area contributed by atoms with Crippen LogP contribution in [0.15, 0.2) is 18.2 Å². The van der Waals surface area contributed by atoms with Crippen LogP contribution in [0.1, 0.15) is 32.1 Å². The standard InChI is InChI=1S/C14H18O4/c15-11-4-2-1-3-5-12(11)18-10-6-7-13-14(8-10)17-9-16-13/h6-8,11-12,15H,1-5,9H2. The Labute approximate surface area is 106 Å². The van der Waals surface area contributed by atoms with Crippen LogP contribution in [0.2, 0.25) is 0 Å². The summed E-state index contributed by atoms with van der Waals surface area (Å²) in [7, 11) is 0. The lowest BCUT2D eigenvalue weighted by Gasteiger charge is -2.22. The second-order valence-electron chi connectivity index (χ2n) is 4.88. The Hall–Kier alpha value is -1.42. The minimum absolute atomic E-state index is 0.104. The third kappa shape index (κ3) is 2.38. The maximum atomic E-state index is 10.0. The molecule has 4 heteroatoms. The van der Waals surface area contributed by atoms with Gasteiger partial charge in [0.2, 0.25) is 6.79 Å². The molecule has 1 heterocycles. The topological polar surface area (TPSA) is 47.9 Å². The molecule has 2 atom stereocenters. The van der Waals surface area contributed by atoms with Gasteiger partial charge in [0.1, 0.15) is 11.9 Å². The van der Waals surface area contributed by atoms with E-state index in [2.05, 4.69) is 0 Å². The van der Waals surface area contributed by atoms with Crippen LogP contribution in [0.4, 0.5) is 0 Å². The second kappa shape index (κ2) is 5.06. The average molecular weight is 250 g/mol. The van der Waals surface area contributed by atoms with Crippen LogP contribution >= 0.6 is 0 Å². The third-order valence-corrected chi connectivity index (χ3v) is 3.55. The van der Waals surface area contributed by atoms with Crippen LogP contribution in [0.3, 0.4) is 0 Å². The molecule has 1 saturated carbocycles. The number of ether oxygens (including phenoxy) is 3. The van der Waals surface area contributed by atoms with Gasteiger partial charge in [0.05, 0.1) is 6.10 Å². The van der Waals surface area contributed by atoms with Crippen molar-refractivity contribution in [3.05, 3.63) is 18.2 Å². The van der Waals surface area contributed by atoms with E-state index in [0.29, 0.717) is 0 Å². The first-order chi connectivity index (χ1) is 8.83. The van der Waals surface area contributed by atoms with Crippen LogP contribution in [0, 0.1) is 0 Å². The Kier molecular flexibility index (Phi) is 3.28. The van der Waals surface area contributed by atoms with E-state index in [9.17, 15) is 5.11 Å². The van der Waals surface area contributed by atoms with E-state index in [1.54, 1.807) is 0 Å². The number of aliphatic hydroxyl groups excluding tert-OH is 1. The van der Waals surface area contributed by atoms with Gasteiger partial charge in [-0.2, -0.15) is 0 Å². The van der Waals surface area contributed by atoms with Crippen molar-refractivity contribution in [2.45, 2.75) is 44.3 Å². The Morgan fingerprint density at radius 2 is 1.89 bits per heavy atom. The maximum Gasteiger partial charge on any atom is 0.231 e. The van der Waals surface area contributed by atoms with Gasteiger partial charge in [0.15, 0.2) is 11.5 Å². The summed E-state index contributed by atoms with van der Waals surface area (Å²) >= 11 is 0. The highest BCUT2D eigenvalue weighted by Crippen LogP contribution is 2.36. The lowest BCUT2D eigenvalue weighted by Crippen LogP contribution is -2.30. The molecule has 1 N–H and O–H groups in total. The molecule has 98 valence electrons. The van der Waals surface area contributed by atoms with Crippen molar-refractivity contribution in [3.63, 3.8) is 0 Å². The van der Waals surface area contributed by atoms with Crippen molar-refractivity contribution < 1.29 is 19.3 Å². The van der Waals surface area contributed by atoms with Crippen LogP contribution in [0.25, 0.3) is 0 Å². The molecule has 3 rings (SSSR count). The predicted molar refractivity (Wildman–Crippen MR) is 66.1 cm³/mol. The highest BCUT2D eigenvalue weighted by Gasteiger charge is 2.24. The fraction of sp³-hybridized carbons (Fsp3) is 0.571. The average Bonchev–Trinajstić information content (AvgIpc) is 2.75. The highest BCUT2D eigenvalue weighted by molar-refractivity contribution is 5.46. The highest BCUT2D eigenvalue weighted by atomic mass is 16.7. The zero-order valence-corrected chi connectivity index (χ0v) is 10.3. The monoisotopic (exact) mass is 250 g/mol. The molecule has 0 bridgehead atoms. The quantitative estimate of drug-likeness (QED) is 0.819. The number of benzene rings is 1. The minimum Gasteiger partial charge on any atom is -0.488 e. The molecule has 0 aromatic heterocycles. The summed E-state index contributed by atoms with van der Waals surface area (Å²) < 4.78 is 16.5. The molecule has 0 radical (unpaired) electrons. The second-order valence-corrected chi connectivity index (χ2v) is 4.88. The first-order valence-electron chi connectivity index (χ1n) is 6.57. The van der Waals surface area contributed by atoms with Gasteiger partial charge in [0, 0.05) is 6.07 Å². The van der Waals surface area contributed by atoms with Gasteiger partial charge in [-0.1, -0.05) is 12.8 Å². The van der Waals surface area contributed by atoms with E-state index in [1.807, 2.05) is 18.2 Å². The van der Waals surface area contributed by atoms with Gasteiger partial charge in [-0.25, -0.2) is 0 Å². The molecule has 1 aromatic rings. The number of aliphatic hydroxyl groups is 1. The number of rotatable bonds is 2. The van der Waals surface area contributed by atoms with Crippen LogP contribution in [-0.4, -0.2) is 24.1 Å². The molecule has 0 amide bonds. The molecule has 18 heavy (non-hydrogen) atoms. The van der Waals surface area contributed by atoms with Crippen molar-refractivity contribution in [1.29, 1.82) is 0 Å². The van der Waals surface area contributed by atoms with E-state index in [1.165, 1.54) is 6.42 Å². The van der Waals surface area contributed by atoms with Crippen molar-refractivity contribution in [2.75, 3.05) is 6.79 Å². The number of hydrogen-bond donors (Lipinski definition) is 1. The lowest BCUT2D eigenvalue weighted by molar-refractivity contribution is 0.0319. The summed E-state index contributed by atoms with van der Waals surface area (Å²) in [6.07, 6.45) is 4.66. The van der Waals surface area contributed by atoms with Gasteiger partial charge in [-0.15, -0.1) is 0 Å². The molecule has 0 saturated heterocycles. The molecule has 1 aliphatic carbocycles. The van der Waals surface area contributed by atoms with E-state index < -0.39 is 0 Å². The molecule has 0 spiro atoms. The van der Waals surface area contributed by atoms with Crippen molar-refractivity contribution in [3.8, 4) is 17.2 Å². The Balaban J connectivity index is 1.71. The SMILES string of the molecule is OC1CCCCCC1Oc1ccc2c(c1)OCO2. The van der Waals surface area contributed by atoms with Gasteiger partial charge in [-0.3, -0.25) is 0 Å². The predicted octanol–water partition coefficient (Wildman–Crippen LogP) is 2.49. The van der Waals surface area contributed by atoms with Crippen LogP contribution in [-0.2, 0) is 0 Å². The Bertz CT molecular complexity index is 418. The van der Waals surface area contributed by atoms with Gasteiger partial charge in [-0.05, 0) is 31.4 Å². The van der Waals surface area contributed by atoms with Gasteiger partial charge >= 0.3 is 0 Å². The summed E-state index contributed by atoms with van der Waals surface area (Å²) in [5.74, 6) is 2.21. The molecular weight excluding hydrogens is 232 g/mol. The van der Waals surface area contributed by atoms with Crippen LogP contribution in [0.5, 0.6) is 17.2 Å². The first-order valence-corrected chi connectivity index (χ1v) is 6.57. The molecular formula is C14H18O4. The largest absolute Gasteiger partial charge is 0.488 e. The molecule has 1 fully saturated rings. The zero-order chi connectivity index (χ0) is 12.4. The van der Waals surface area contributed by atoms with Gasteiger partial charge in [0.25, 0.3) is 0 Å². The summed E-state index contributed by atoms with van der Waals surface area (Å²) in [5, 5.41) is 10.0. The number of fused-ring (bicyclic) bond motifs is 1. The van der Waals surface area contributed by atoms with Crippen LogP contribution < -0.4 is 14.2 Å². The van der Waals surface area contributed by atoms with E-state index in [-0.39, 0.29) is 19.0 Å². The summed E-state index contributed by atoms with van der Waals surface area (Å²) in [5.41, 5.74) is 0. The minimum atomic E-state index is -0.363. The van der Waals surface area contributed by atoms with Crippen molar-refractivity contribution >= 4 is 0 Å². The molecule has 2 unspecified atom stereocenters. The fourth-order valence-corrected chi connectivity index (χ4v) is 2.52. The Morgan fingerprint density at radius 1 is 1.06 bits per heavy atom. The Morgan fingerprint density at radius 3 is 2.83 bits per heavy atom. The van der Waals surface area contributed by atoms with Crippen molar-refractivity contribution in [1.82, 2.24) is 0 Å². The molecule has 1 aromatic carbocycles. The number of hydrogen-bond acceptors (Lipinski definition) is 4.